The lowest BCUT2D eigenvalue weighted by Crippen LogP contribution is -2.40. The maximum Gasteiger partial charge on any atom is 0.309 e. The largest absolute Gasteiger partial charge is 0.496 e. The smallest absolute Gasteiger partial charge is 0.309 e. The Morgan fingerprint density at radius 2 is 1.91 bits per heavy atom. The van der Waals surface area contributed by atoms with Gasteiger partial charge >= 0.3 is 5.97 Å². The Balaban J connectivity index is 2.01. The molecule has 1 saturated heterocycles. The van der Waals surface area contributed by atoms with E-state index in [0.29, 0.717) is 38.1 Å². The van der Waals surface area contributed by atoms with E-state index in [1.165, 1.54) is 0 Å². The summed E-state index contributed by atoms with van der Waals surface area (Å²) in [6.07, 6.45) is 2.15. The van der Waals surface area contributed by atoms with E-state index in [-0.39, 0.29) is 17.8 Å². The van der Waals surface area contributed by atoms with Gasteiger partial charge in [-0.25, -0.2) is 0 Å². The van der Waals surface area contributed by atoms with Gasteiger partial charge in [-0.1, -0.05) is 6.92 Å². The Morgan fingerprint density at radius 3 is 2.48 bits per heavy atom. The predicted molar refractivity (Wildman–Crippen MR) is 87.6 cm³/mol. The monoisotopic (exact) mass is 319 g/mol. The molecular weight excluding hydrogens is 294 g/mol. The number of hydrogen-bond acceptors (Lipinski definition) is 4. The van der Waals surface area contributed by atoms with E-state index in [1.807, 2.05) is 30.9 Å². The number of rotatable bonds is 5. The molecule has 0 aromatic heterocycles. The van der Waals surface area contributed by atoms with E-state index in [0.717, 1.165) is 17.7 Å². The second kappa shape index (κ2) is 7.99. The number of ether oxygens (including phenoxy) is 2. The van der Waals surface area contributed by atoms with Crippen LogP contribution >= 0.6 is 0 Å². The normalized spacial score (nSPS) is 15.3. The third-order valence-electron chi connectivity index (χ3n) is 4.31. The van der Waals surface area contributed by atoms with Gasteiger partial charge in [0.15, 0.2) is 0 Å². The van der Waals surface area contributed by atoms with Gasteiger partial charge in [0.1, 0.15) is 5.75 Å². The number of amides is 1. The van der Waals surface area contributed by atoms with Crippen molar-refractivity contribution >= 4 is 11.9 Å². The molecule has 126 valence electrons. The Kier molecular flexibility index (Phi) is 6.02. The molecule has 1 amide bonds. The van der Waals surface area contributed by atoms with Crippen molar-refractivity contribution in [3.8, 4) is 5.75 Å². The number of benzene rings is 1. The van der Waals surface area contributed by atoms with Crippen molar-refractivity contribution in [3.63, 3.8) is 0 Å². The van der Waals surface area contributed by atoms with Crippen LogP contribution in [0.5, 0.6) is 5.75 Å². The number of esters is 1. The molecule has 0 bridgehead atoms. The minimum absolute atomic E-state index is 0.0182. The van der Waals surface area contributed by atoms with Crippen LogP contribution in [0.25, 0.3) is 0 Å². The lowest BCUT2D eigenvalue weighted by molar-refractivity contribution is -0.149. The number of hydrogen-bond donors (Lipinski definition) is 0. The van der Waals surface area contributed by atoms with Gasteiger partial charge in [-0.15, -0.1) is 0 Å². The molecule has 5 nitrogen and oxygen atoms in total. The van der Waals surface area contributed by atoms with E-state index in [1.54, 1.807) is 13.2 Å². The van der Waals surface area contributed by atoms with E-state index in [4.69, 9.17) is 9.47 Å². The van der Waals surface area contributed by atoms with Crippen LogP contribution in [-0.4, -0.2) is 43.6 Å². The first-order chi connectivity index (χ1) is 11.1. The molecule has 0 aliphatic carbocycles. The third kappa shape index (κ3) is 4.03. The fraction of sp³-hybridized carbons (Fsp3) is 0.556. The summed E-state index contributed by atoms with van der Waals surface area (Å²) in [7, 11) is 1.64. The molecule has 0 radical (unpaired) electrons. The summed E-state index contributed by atoms with van der Waals surface area (Å²) < 4.78 is 10.4. The molecule has 1 aromatic rings. The van der Waals surface area contributed by atoms with Crippen LogP contribution in [0.4, 0.5) is 0 Å². The minimum atomic E-state index is -0.141. The molecule has 0 atom stereocenters. The lowest BCUT2D eigenvalue weighted by atomic mass is 9.96. The topological polar surface area (TPSA) is 55.8 Å². The first kappa shape index (κ1) is 17.3. The number of aryl methyl sites for hydroxylation is 1. The lowest BCUT2D eigenvalue weighted by Gasteiger charge is -2.31. The summed E-state index contributed by atoms with van der Waals surface area (Å²) in [4.78, 5) is 26.2. The SMILES string of the molecule is CCOC(=O)C1CCN(C(=O)c2ccc(OC)c(CC)c2)CC1. The van der Waals surface area contributed by atoms with Crippen molar-refractivity contribution in [3.05, 3.63) is 29.3 Å². The van der Waals surface area contributed by atoms with Gasteiger partial charge < -0.3 is 14.4 Å². The maximum atomic E-state index is 12.6. The van der Waals surface area contributed by atoms with Crippen LogP contribution < -0.4 is 4.74 Å². The second-order valence-electron chi connectivity index (χ2n) is 5.70. The summed E-state index contributed by atoms with van der Waals surface area (Å²) >= 11 is 0. The molecule has 1 aliphatic heterocycles. The quantitative estimate of drug-likeness (QED) is 0.783. The zero-order valence-electron chi connectivity index (χ0n) is 14.1. The summed E-state index contributed by atoms with van der Waals surface area (Å²) in [6.45, 7) is 5.44. The highest BCUT2D eigenvalue weighted by Crippen LogP contribution is 2.24. The van der Waals surface area contributed by atoms with E-state index in [9.17, 15) is 9.59 Å². The van der Waals surface area contributed by atoms with Gasteiger partial charge in [-0.3, -0.25) is 9.59 Å². The molecule has 2 rings (SSSR count). The molecular formula is C18H25NO4. The van der Waals surface area contributed by atoms with Crippen LogP contribution in [-0.2, 0) is 16.0 Å². The molecule has 5 heteroatoms. The van der Waals surface area contributed by atoms with Gasteiger partial charge in [0.05, 0.1) is 19.6 Å². The molecule has 1 aliphatic rings. The highest BCUT2D eigenvalue weighted by Gasteiger charge is 2.28. The van der Waals surface area contributed by atoms with Crippen LogP contribution in [0.1, 0.15) is 42.6 Å². The van der Waals surface area contributed by atoms with Crippen LogP contribution in [0, 0.1) is 5.92 Å². The van der Waals surface area contributed by atoms with Crippen LogP contribution in [0.3, 0.4) is 0 Å². The molecule has 0 unspecified atom stereocenters. The third-order valence-corrected chi connectivity index (χ3v) is 4.31. The highest BCUT2D eigenvalue weighted by molar-refractivity contribution is 5.94. The number of nitrogens with zero attached hydrogens (tertiary/aromatic N) is 1. The van der Waals surface area contributed by atoms with Crippen molar-refractivity contribution in [1.29, 1.82) is 0 Å². The zero-order valence-corrected chi connectivity index (χ0v) is 14.1. The predicted octanol–water partition coefficient (Wildman–Crippen LogP) is 2.67. The average molecular weight is 319 g/mol. The maximum absolute atomic E-state index is 12.6. The first-order valence-electron chi connectivity index (χ1n) is 8.23. The Hall–Kier alpha value is -2.04. The number of piperidine rings is 1. The molecule has 0 saturated carbocycles. The van der Waals surface area contributed by atoms with Crippen molar-refractivity contribution in [2.45, 2.75) is 33.1 Å². The second-order valence-corrected chi connectivity index (χ2v) is 5.70. The average Bonchev–Trinajstić information content (AvgIpc) is 2.60. The fourth-order valence-corrected chi connectivity index (χ4v) is 2.95. The Labute approximate surface area is 137 Å². The van der Waals surface area contributed by atoms with Gasteiger partial charge in [-0.2, -0.15) is 0 Å². The first-order valence-corrected chi connectivity index (χ1v) is 8.23. The number of methoxy groups -OCH3 is 1. The highest BCUT2D eigenvalue weighted by atomic mass is 16.5. The summed E-state index contributed by atoms with van der Waals surface area (Å²) in [5.74, 6) is 0.605. The molecule has 0 spiro atoms. The van der Waals surface area contributed by atoms with E-state index < -0.39 is 0 Å². The molecule has 23 heavy (non-hydrogen) atoms. The number of carbonyl (C=O) groups is 2. The molecule has 0 N–H and O–H groups in total. The minimum Gasteiger partial charge on any atom is -0.496 e. The summed E-state index contributed by atoms with van der Waals surface area (Å²) in [6, 6.07) is 5.55. The van der Waals surface area contributed by atoms with Crippen LogP contribution in [0.15, 0.2) is 18.2 Å². The van der Waals surface area contributed by atoms with Crippen LogP contribution in [0.2, 0.25) is 0 Å². The fourth-order valence-electron chi connectivity index (χ4n) is 2.95. The van der Waals surface area contributed by atoms with Crippen molar-refractivity contribution < 1.29 is 19.1 Å². The molecule has 1 aromatic carbocycles. The van der Waals surface area contributed by atoms with E-state index >= 15 is 0 Å². The number of carbonyl (C=O) groups excluding carboxylic acids is 2. The number of likely N-dealkylation sites (tertiary alicyclic amines) is 1. The Morgan fingerprint density at radius 1 is 1.22 bits per heavy atom. The van der Waals surface area contributed by atoms with Gasteiger partial charge in [-0.05, 0) is 49.9 Å². The van der Waals surface area contributed by atoms with Gasteiger partial charge in [0.2, 0.25) is 0 Å². The van der Waals surface area contributed by atoms with Gasteiger partial charge in [0.25, 0.3) is 5.91 Å². The summed E-state index contributed by atoms with van der Waals surface area (Å²) in [5.41, 5.74) is 1.71. The van der Waals surface area contributed by atoms with Crippen molar-refractivity contribution in [2.24, 2.45) is 5.92 Å². The molecule has 1 fully saturated rings. The van der Waals surface area contributed by atoms with E-state index in [2.05, 4.69) is 0 Å². The van der Waals surface area contributed by atoms with Crippen molar-refractivity contribution in [1.82, 2.24) is 4.90 Å². The van der Waals surface area contributed by atoms with Gasteiger partial charge in [0, 0.05) is 18.7 Å². The summed E-state index contributed by atoms with van der Waals surface area (Å²) in [5, 5.41) is 0. The standard InChI is InChI=1S/C18H25NO4/c1-4-13-12-15(6-7-16(13)22-3)17(20)19-10-8-14(9-11-19)18(21)23-5-2/h6-7,12,14H,4-5,8-11H2,1-3H3. The van der Waals surface area contributed by atoms with Crippen molar-refractivity contribution in [2.75, 3.05) is 26.8 Å². The zero-order chi connectivity index (χ0) is 16.8. The Bertz CT molecular complexity index is 562. The molecule has 1 heterocycles.